The van der Waals surface area contributed by atoms with Crippen LogP contribution in [0.15, 0.2) is 84.9 Å². The van der Waals surface area contributed by atoms with Crippen LogP contribution in [0.4, 0.5) is 0 Å². The molecule has 0 bridgehead atoms. The lowest BCUT2D eigenvalue weighted by Crippen LogP contribution is -2.54. The number of amides is 1. The average Bonchev–Trinajstić information content (AvgIpc) is 2.72. The van der Waals surface area contributed by atoms with Crippen molar-refractivity contribution in [3.63, 3.8) is 0 Å². The number of halogens is 4. The Morgan fingerprint density at radius 2 is 1.27 bits per heavy atom. The van der Waals surface area contributed by atoms with Gasteiger partial charge < -0.3 is 5.32 Å². The van der Waals surface area contributed by atoms with Gasteiger partial charge in [-0.15, -0.1) is 0 Å². The highest BCUT2D eigenvalue weighted by Crippen LogP contribution is 2.34. The summed E-state index contributed by atoms with van der Waals surface area (Å²) >= 11 is 24.9. The van der Waals surface area contributed by atoms with Gasteiger partial charge in [0, 0.05) is 23.7 Å². The Kier molecular flexibility index (Phi) is 8.04. The van der Waals surface area contributed by atoms with Gasteiger partial charge in [-0.2, -0.15) is 0 Å². The summed E-state index contributed by atoms with van der Waals surface area (Å²) in [5, 5.41) is 3.42. The van der Waals surface area contributed by atoms with E-state index in [0.717, 1.165) is 11.1 Å². The van der Waals surface area contributed by atoms with Crippen LogP contribution in [0, 0.1) is 0 Å². The molecular formula is C23H20Cl4N2O. The van der Waals surface area contributed by atoms with E-state index in [2.05, 4.69) is 5.32 Å². The summed E-state index contributed by atoms with van der Waals surface area (Å²) in [6.45, 7) is 0.963. The largest absolute Gasteiger partial charge is 0.332 e. The van der Waals surface area contributed by atoms with E-state index in [1.165, 1.54) is 0 Å². The minimum Gasteiger partial charge on any atom is -0.332 e. The molecule has 1 N–H and O–H groups in total. The van der Waals surface area contributed by atoms with E-state index in [9.17, 15) is 4.79 Å². The highest BCUT2D eigenvalue weighted by molar-refractivity contribution is 6.68. The van der Waals surface area contributed by atoms with Crippen LogP contribution in [0.5, 0.6) is 0 Å². The SMILES string of the molecule is O=C(NC(N(Cc1ccccc1)Cc1ccccc1)C(Cl)(Cl)Cl)c1ccc(Cl)cc1. The summed E-state index contributed by atoms with van der Waals surface area (Å²) < 4.78 is -1.76. The smallest absolute Gasteiger partial charge is 0.252 e. The molecule has 0 aliphatic heterocycles. The standard InChI is InChI=1S/C23H20Cl4N2O/c24-20-13-11-19(12-14-20)21(30)28-22(23(25,26)27)29(15-17-7-3-1-4-8-17)16-18-9-5-2-6-10-18/h1-14,22H,15-16H2,(H,28,30). The second kappa shape index (κ2) is 10.5. The summed E-state index contributed by atoms with van der Waals surface area (Å²) in [6, 6.07) is 26.2. The highest BCUT2D eigenvalue weighted by Gasteiger charge is 2.38. The number of benzene rings is 3. The fraction of sp³-hybridized carbons (Fsp3) is 0.174. The van der Waals surface area contributed by atoms with Gasteiger partial charge in [-0.3, -0.25) is 9.69 Å². The van der Waals surface area contributed by atoms with E-state index in [0.29, 0.717) is 23.7 Å². The molecule has 0 fully saturated rings. The number of hydrogen-bond acceptors (Lipinski definition) is 2. The number of nitrogens with one attached hydrogen (secondary N) is 1. The summed E-state index contributed by atoms with van der Waals surface area (Å²) in [6.07, 6.45) is -0.869. The Morgan fingerprint density at radius 1 is 0.800 bits per heavy atom. The van der Waals surface area contributed by atoms with E-state index >= 15 is 0 Å². The van der Waals surface area contributed by atoms with Crippen molar-refractivity contribution in [3.8, 4) is 0 Å². The molecule has 3 nitrogen and oxygen atoms in total. The normalized spacial score (nSPS) is 12.6. The van der Waals surface area contributed by atoms with Crippen molar-refractivity contribution in [3.05, 3.63) is 107 Å². The van der Waals surface area contributed by atoms with Crippen molar-refractivity contribution in [2.24, 2.45) is 0 Å². The minimum atomic E-state index is -1.76. The second-order valence-corrected chi connectivity index (χ2v) is 9.61. The topological polar surface area (TPSA) is 32.3 Å². The van der Waals surface area contributed by atoms with Gasteiger partial charge in [0.05, 0.1) is 0 Å². The van der Waals surface area contributed by atoms with E-state index in [4.69, 9.17) is 46.4 Å². The van der Waals surface area contributed by atoms with Crippen LogP contribution in [-0.4, -0.2) is 20.8 Å². The second-order valence-electron chi connectivity index (χ2n) is 6.80. The Morgan fingerprint density at radius 3 is 1.70 bits per heavy atom. The molecule has 0 aliphatic rings. The van der Waals surface area contributed by atoms with Crippen LogP contribution in [0.1, 0.15) is 21.5 Å². The molecule has 1 amide bonds. The predicted octanol–water partition coefficient (Wildman–Crippen LogP) is 6.47. The van der Waals surface area contributed by atoms with Crippen molar-refractivity contribution in [1.82, 2.24) is 10.2 Å². The molecule has 0 aliphatic carbocycles. The predicted molar refractivity (Wildman–Crippen MR) is 125 cm³/mol. The van der Waals surface area contributed by atoms with E-state index < -0.39 is 9.96 Å². The average molecular weight is 482 g/mol. The number of hydrogen-bond donors (Lipinski definition) is 1. The van der Waals surface area contributed by atoms with E-state index in [1.54, 1.807) is 24.3 Å². The monoisotopic (exact) mass is 480 g/mol. The minimum absolute atomic E-state index is 0.353. The van der Waals surface area contributed by atoms with Gasteiger partial charge in [0.2, 0.25) is 3.79 Å². The lowest BCUT2D eigenvalue weighted by molar-refractivity contribution is 0.0826. The molecule has 3 aromatic carbocycles. The molecule has 0 spiro atoms. The molecule has 0 aromatic heterocycles. The van der Waals surface area contributed by atoms with Gasteiger partial charge in [0.25, 0.3) is 5.91 Å². The van der Waals surface area contributed by atoms with E-state index in [1.807, 2.05) is 65.6 Å². The van der Waals surface area contributed by atoms with Crippen LogP contribution in [-0.2, 0) is 13.1 Å². The van der Waals surface area contributed by atoms with Crippen LogP contribution in [0.3, 0.4) is 0 Å². The van der Waals surface area contributed by atoms with Gasteiger partial charge in [-0.25, -0.2) is 0 Å². The van der Waals surface area contributed by atoms with Crippen LogP contribution < -0.4 is 5.32 Å². The van der Waals surface area contributed by atoms with Gasteiger partial charge in [0.1, 0.15) is 6.17 Å². The number of nitrogens with zero attached hydrogens (tertiary/aromatic N) is 1. The zero-order valence-electron chi connectivity index (χ0n) is 15.9. The van der Waals surface area contributed by atoms with Gasteiger partial charge in [0.15, 0.2) is 0 Å². The molecule has 3 rings (SSSR count). The van der Waals surface area contributed by atoms with Crippen LogP contribution in [0.2, 0.25) is 5.02 Å². The maximum Gasteiger partial charge on any atom is 0.252 e. The molecule has 0 saturated carbocycles. The van der Waals surface area contributed by atoms with Crippen molar-refractivity contribution < 1.29 is 4.79 Å². The fourth-order valence-electron chi connectivity index (χ4n) is 3.06. The third-order valence-electron chi connectivity index (χ3n) is 4.51. The first-order chi connectivity index (χ1) is 14.3. The van der Waals surface area contributed by atoms with Crippen molar-refractivity contribution in [2.75, 3.05) is 0 Å². The molecule has 3 aromatic rings. The first-order valence-electron chi connectivity index (χ1n) is 9.28. The summed E-state index contributed by atoms with van der Waals surface area (Å²) in [5.74, 6) is -0.353. The number of carbonyl (C=O) groups excluding carboxylic acids is 1. The van der Waals surface area contributed by atoms with Gasteiger partial charge in [-0.05, 0) is 35.4 Å². The lowest BCUT2D eigenvalue weighted by atomic mass is 10.1. The summed E-state index contributed by atoms with van der Waals surface area (Å²) in [5.41, 5.74) is 2.50. The van der Waals surface area contributed by atoms with Crippen LogP contribution in [0.25, 0.3) is 0 Å². The van der Waals surface area contributed by atoms with E-state index in [-0.39, 0.29) is 5.91 Å². The zero-order valence-corrected chi connectivity index (χ0v) is 19.0. The Balaban J connectivity index is 1.89. The summed E-state index contributed by atoms with van der Waals surface area (Å²) in [4.78, 5) is 14.8. The summed E-state index contributed by atoms with van der Waals surface area (Å²) in [7, 11) is 0. The third kappa shape index (κ3) is 6.63. The molecule has 7 heteroatoms. The van der Waals surface area contributed by atoms with Crippen molar-refractivity contribution in [1.29, 1.82) is 0 Å². The maximum absolute atomic E-state index is 12.9. The number of alkyl halides is 3. The molecule has 30 heavy (non-hydrogen) atoms. The lowest BCUT2D eigenvalue weighted by Gasteiger charge is -2.36. The quantitative estimate of drug-likeness (QED) is 0.310. The molecule has 0 radical (unpaired) electrons. The molecule has 156 valence electrons. The molecular weight excluding hydrogens is 462 g/mol. The first kappa shape index (κ1) is 22.9. The molecule has 1 atom stereocenters. The van der Waals surface area contributed by atoms with Gasteiger partial charge >= 0.3 is 0 Å². The first-order valence-corrected chi connectivity index (χ1v) is 10.8. The third-order valence-corrected chi connectivity index (χ3v) is 5.38. The Bertz CT molecular complexity index is 903. The van der Waals surface area contributed by atoms with Crippen molar-refractivity contribution in [2.45, 2.75) is 23.0 Å². The van der Waals surface area contributed by atoms with Crippen LogP contribution >= 0.6 is 46.4 Å². The maximum atomic E-state index is 12.9. The highest BCUT2D eigenvalue weighted by atomic mass is 35.6. The fourth-order valence-corrected chi connectivity index (χ4v) is 3.77. The zero-order chi connectivity index (χ0) is 21.6. The molecule has 0 saturated heterocycles. The van der Waals surface area contributed by atoms with Gasteiger partial charge in [-0.1, -0.05) is 107 Å². The molecule has 1 unspecified atom stereocenters. The molecule has 0 heterocycles. The number of carbonyl (C=O) groups is 1. The Labute approximate surface area is 196 Å². The Hall–Kier alpha value is -1.75. The number of rotatable bonds is 7. The van der Waals surface area contributed by atoms with Crippen molar-refractivity contribution >= 4 is 52.3 Å².